The molecule has 1 saturated heterocycles. The molecule has 1 aliphatic rings. The molecule has 0 saturated carbocycles. The van der Waals surface area contributed by atoms with E-state index in [9.17, 15) is 17.2 Å². The average molecular weight is 496 g/mol. The maximum Gasteiger partial charge on any atom is 0.246 e. The fraction of sp³-hybridized carbons (Fsp3) is 0.318. The molecule has 33 heavy (non-hydrogen) atoms. The molecule has 0 spiro atoms. The highest BCUT2D eigenvalue weighted by atomic mass is 32.2. The van der Waals surface area contributed by atoms with Crippen LogP contribution in [0.3, 0.4) is 0 Å². The predicted molar refractivity (Wildman–Crippen MR) is 122 cm³/mol. The highest BCUT2D eigenvalue weighted by Crippen LogP contribution is 2.32. The number of aromatic nitrogens is 1. The molecule has 1 fully saturated rings. The Labute approximate surface area is 195 Å². The van der Waals surface area contributed by atoms with Crippen molar-refractivity contribution in [1.82, 2.24) is 9.29 Å². The van der Waals surface area contributed by atoms with E-state index in [4.69, 9.17) is 9.47 Å². The van der Waals surface area contributed by atoms with Gasteiger partial charge in [-0.3, -0.25) is 0 Å². The maximum atomic E-state index is 13.4. The Morgan fingerprint density at radius 3 is 2.33 bits per heavy atom. The van der Waals surface area contributed by atoms with Crippen LogP contribution in [0.5, 0.6) is 11.5 Å². The van der Waals surface area contributed by atoms with Crippen LogP contribution in [0.2, 0.25) is 0 Å². The van der Waals surface area contributed by atoms with Crippen LogP contribution in [0.4, 0.5) is 13.9 Å². The molecule has 0 amide bonds. The first-order valence-corrected chi connectivity index (χ1v) is 12.5. The summed E-state index contributed by atoms with van der Waals surface area (Å²) < 4.78 is 65.1. The molecule has 0 atom stereocenters. The smallest absolute Gasteiger partial charge is 0.246 e. The molecule has 0 N–H and O–H groups in total. The Bertz CT molecular complexity index is 1220. The first kappa shape index (κ1) is 23.4. The number of hydrogen-bond acceptors (Lipinski definition) is 7. The Morgan fingerprint density at radius 1 is 1.00 bits per heavy atom. The van der Waals surface area contributed by atoms with Crippen molar-refractivity contribution in [3.8, 4) is 11.5 Å². The van der Waals surface area contributed by atoms with Gasteiger partial charge in [0.05, 0.1) is 19.9 Å². The van der Waals surface area contributed by atoms with Crippen LogP contribution < -0.4 is 14.4 Å². The Kier molecular flexibility index (Phi) is 6.82. The molecule has 1 aromatic heterocycles. The van der Waals surface area contributed by atoms with Crippen molar-refractivity contribution in [3.05, 3.63) is 64.7 Å². The van der Waals surface area contributed by atoms with E-state index < -0.39 is 21.7 Å². The predicted octanol–water partition coefficient (Wildman–Crippen LogP) is 3.54. The lowest BCUT2D eigenvalue weighted by Gasteiger charge is -2.34. The zero-order valence-corrected chi connectivity index (χ0v) is 19.8. The van der Waals surface area contributed by atoms with Crippen molar-refractivity contribution >= 4 is 26.5 Å². The second-order valence-corrected chi connectivity index (χ2v) is 10.2. The molecule has 2 heterocycles. The van der Waals surface area contributed by atoms with Crippen LogP contribution in [0.1, 0.15) is 11.3 Å². The maximum absolute atomic E-state index is 13.4. The fourth-order valence-corrected chi connectivity index (χ4v) is 6.13. The second-order valence-electron chi connectivity index (χ2n) is 7.48. The number of rotatable bonds is 7. The molecular weight excluding hydrogens is 472 g/mol. The molecule has 4 rings (SSSR count). The van der Waals surface area contributed by atoms with Gasteiger partial charge in [0.1, 0.15) is 28.0 Å². The van der Waals surface area contributed by atoms with E-state index in [1.165, 1.54) is 48.1 Å². The summed E-state index contributed by atoms with van der Waals surface area (Å²) in [7, 11) is -0.818. The SMILES string of the molecule is COc1ccc(S(=O)(=O)N2CCN(c3nc(Cc4cc(F)cc(F)c4)cs3)CC2)c(OC)c1. The topological polar surface area (TPSA) is 72.0 Å². The lowest BCUT2D eigenvalue weighted by molar-refractivity contribution is 0.370. The third-order valence-corrected chi connectivity index (χ3v) is 8.23. The fourth-order valence-electron chi connectivity index (χ4n) is 3.69. The standard InChI is InChI=1S/C22H23F2N3O4S2/c1-30-19-3-4-21(20(13-19)31-2)33(28,29)27-7-5-26(6-8-27)22-25-18(14-32-22)11-15-9-16(23)12-17(24)10-15/h3-4,9-10,12-14H,5-8,11H2,1-2H3. The number of sulfonamides is 1. The zero-order valence-electron chi connectivity index (χ0n) is 18.1. The number of methoxy groups -OCH3 is 2. The molecular formula is C22H23F2N3O4S2. The number of nitrogens with zero attached hydrogens (tertiary/aromatic N) is 3. The molecule has 7 nitrogen and oxygen atoms in total. The summed E-state index contributed by atoms with van der Waals surface area (Å²) in [5, 5.41) is 2.60. The van der Waals surface area contributed by atoms with Gasteiger partial charge in [0.15, 0.2) is 5.13 Å². The van der Waals surface area contributed by atoms with Gasteiger partial charge >= 0.3 is 0 Å². The summed E-state index contributed by atoms with van der Waals surface area (Å²) in [6.45, 7) is 1.53. The van der Waals surface area contributed by atoms with Gasteiger partial charge in [0.2, 0.25) is 10.0 Å². The zero-order chi connectivity index (χ0) is 23.6. The quantitative estimate of drug-likeness (QED) is 0.499. The number of ether oxygens (including phenoxy) is 2. The van der Waals surface area contributed by atoms with Gasteiger partial charge in [0, 0.05) is 50.1 Å². The van der Waals surface area contributed by atoms with Crippen LogP contribution in [-0.4, -0.2) is 58.1 Å². The third kappa shape index (κ3) is 5.10. The van der Waals surface area contributed by atoms with Crippen molar-refractivity contribution in [3.63, 3.8) is 0 Å². The monoisotopic (exact) mass is 495 g/mol. The number of benzene rings is 2. The van der Waals surface area contributed by atoms with Gasteiger partial charge in [-0.2, -0.15) is 4.31 Å². The van der Waals surface area contributed by atoms with Crippen molar-refractivity contribution < 1.29 is 26.7 Å². The Hall–Kier alpha value is -2.76. The van der Waals surface area contributed by atoms with Crippen LogP contribution in [0, 0.1) is 11.6 Å². The van der Waals surface area contributed by atoms with E-state index >= 15 is 0 Å². The summed E-state index contributed by atoms with van der Waals surface area (Å²) in [6, 6.07) is 8.04. The number of thiazole rings is 1. The largest absolute Gasteiger partial charge is 0.497 e. The van der Waals surface area contributed by atoms with E-state index in [1.807, 2.05) is 10.3 Å². The van der Waals surface area contributed by atoms with E-state index in [0.29, 0.717) is 49.6 Å². The lowest BCUT2D eigenvalue weighted by Crippen LogP contribution is -2.48. The molecule has 0 bridgehead atoms. The normalized spacial score (nSPS) is 15.0. The summed E-state index contributed by atoms with van der Waals surface area (Å²) in [4.78, 5) is 6.69. The lowest BCUT2D eigenvalue weighted by atomic mass is 10.1. The number of halogens is 2. The molecule has 0 aliphatic carbocycles. The average Bonchev–Trinajstić information content (AvgIpc) is 3.26. The van der Waals surface area contributed by atoms with Crippen molar-refractivity contribution in [2.24, 2.45) is 0 Å². The number of anilines is 1. The van der Waals surface area contributed by atoms with E-state index in [1.54, 1.807) is 12.1 Å². The second kappa shape index (κ2) is 9.62. The van der Waals surface area contributed by atoms with Gasteiger partial charge in [-0.05, 0) is 29.8 Å². The van der Waals surface area contributed by atoms with Crippen LogP contribution in [0.15, 0.2) is 46.7 Å². The van der Waals surface area contributed by atoms with Crippen molar-refractivity contribution in [1.29, 1.82) is 0 Å². The molecule has 0 unspecified atom stereocenters. The number of piperazine rings is 1. The first-order valence-electron chi connectivity index (χ1n) is 10.2. The Morgan fingerprint density at radius 2 is 1.70 bits per heavy atom. The summed E-state index contributed by atoms with van der Waals surface area (Å²) in [6.07, 6.45) is 0.316. The Balaban J connectivity index is 1.43. The van der Waals surface area contributed by atoms with E-state index in [0.717, 1.165) is 11.2 Å². The highest BCUT2D eigenvalue weighted by Gasteiger charge is 2.31. The molecule has 11 heteroatoms. The van der Waals surface area contributed by atoms with Crippen LogP contribution in [0.25, 0.3) is 0 Å². The van der Waals surface area contributed by atoms with Crippen LogP contribution >= 0.6 is 11.3 Å². The molecule has 3 aromatic rings. The molecule has 0 radical (unpaired) electrons. The minimum absolute atomic E-state index is 0.0955. The van der Waals surface area contributed by atoms with Crippen LogP contribution in [-0.2, 0) is 16.4 Å². The van der Waals surface area contributed by atoms with Crippen molar-refractivity contribution in [2.45, 2.75) is 11.3 Å². The summed E-state index contributed by atoms with van der Waals surface area (Å²) in [5.74, 6) is -0.496. The van der Waals surface area contributed by atoms with Gasteiger partial charge < -0.3 is 14.4 Å². The van der Waals surface area contributed by atoms with Crippen molar-refractivity contribution in [2.75, 3.05) is 45.3 Å². The minimum Gasteiger partial charge on any atom is -0.497 e. The number of hydrogen-bond donors (Lipinski definition) is 0. The molecule has 1 aliphatic heterocycles. The summed E-state index contributed by atoms with van der Waals surface area (Å²) in [5.41, 5.74) is 1.21. The van der Waals surface area contributed by atoms with Gasteiger partial charge in [0.25, 0.3) is 0 Å². The summed E-state index contributed by atoms with van der Waals surface area (Å²) >= 11 is 1.42. The van der Waals surface area contributed by atoms with Gasteiger partial charge in [-0.15, -0.1) is 11.3 Å². The third-order valence-electron chi connectivity index (χ3n) is 5.34. The van der Waals surface area contributed by atoms with Gasteiger partial charge in [-0.1, -0.05) is 0 Å². The minimum atomic E-state index is -3.74. The molecule has 2 aromatic carbocycles. The van der Waals surface area contributed by atoms with E-state index in [2.05, 4.69) is 4.98 Å². The highest BCUT2D eigenvalue weighted by molar-refractivity contribution is 7.89. The van der Waals surface area contributed by atoms with Gasteiger partial charge in [-0.25, -0.2) is 22.2 Å². The molecule has 176 valence electrons. The first-order chi connectivity index (χ1) is 15.8. The van der Waals surface area contributed by atoms with E-state index in [-0.39, 0.29) is 10.6 Å².